The number of urea groups is 1. The van der Waals surface area contributed by atoms with Gasteiger partial charge in [-0.1, -0.05) is 29.8 Å². The van der Waals surface area contributed by atoms with Crippen molar-refractivity contribution in [3.8, 4) is 0 Å². The predicted molar refractivity (Wildman–Crippen MR) is 71.5 cm³/mol. The fraction of sp³-hybridized carbons (Fsp3) is 0. The van der Waals surface area contributed by atoms with Gasteiger partial charge in [0.15, 0.2) is 5.15 Å². The lowest BCUT2D eigenvalue weighted by atomic mass is 10.3. The van der Waals surface area contributed by atoms with Gasteiger partial charge in [0.2, 0.25) is 0 Å². The number of nitrogens with zero attached hydrogens (tertiary/aromatic N) is 1. The van der Waals surface area contributed by atoms with Crippen LogP contribution in [-0.2, 0) is 0 Å². The molecule has 0 saturated carbocycles. The van der Waals surface area contributed by atoms with Gasteiger partial charge >= 0.3 is 6.03 Å². The molecule has 18 heavy (non-hydrogen) atoms. The maximum atomic E-state index is 11.6. The maximum Gasteiger partial charge on any atom is 0.337 e. The highest BCUT2D eigenvalue weighted by atomic mass is 35.5. The molecule has 1 heterocycles. The molecule has 2 amide bonds. The Hall–Kier alpha value is -2.27. The third-order valence-electron chi connectivity index (χ3n) is 2.10. The number of nitrogens with one attached hydrogen (secondary N) is 3. The predicted octanol–water partition coefficient (Wildman–Crippen LogP) is 2.88. The summed E-state index contributed by atoms with van der Waals surface area (Å²) in [4.78, 5) is 15.4. The number of hydrazine groups is 1. The first kappa shape index (κ1) is 12.2. The van der Waals surface area contributed by atoms with Crippen molar-refractivity contribution < 1.29 is 4.79 Å². The SMILES string of the molecule is O=C(NNc1ccccc1)Nc1cccnc1Cl. The van der Waals surface area contributed by atoms with Gasteiger partial charge in [0.05, 0.1) is 11.4 Å². The number of aromatic nitrogens is 1. The van der Waals surface area contributed by atoms with Crippen LogP contribution in [0.25, 0.3) is 0 Å². The summed E-state index contributed by atoms with van der Waals surface area (Å²) in [5, 5.41) is 2.82. The van der Waals surface area contributed by atoms with Gasteiger partial charge in [0.1, 0.15) is 0 Å². The van der Waals surface area contributed by atoms with Gasteiger partial charge in [-0.3, -0.25) is 10.9 Å². The van der Waals surface area contributed by atoms with Gasteiger partial charge in [-0.25, -0.2) is 9.78 Å². The van der Waals surface area contributed by atoms with Crippen molar-refractivity contribution in [2.45, 2.75) is 0 Å². The van der Waals surface area contributed by atoms with E-state index in [-0.39, 0.29) is 5.15 Å². The molecule has 0 fully saturated rings. The molecule has 1 aromatic carbocycles. The minimum absolute atomic E-state index is 0.243. The van der Waals surface area contributed by atoms with Crippen LogP contribution in [0.5, 0.6) is 0 Å². The normalized spacial score (nSPS) is 9.61. The number of amides is 2. The second-order valence-corrected chi connectivity index (χ2v) is 3.77. The zero-order chi connectivity index (χ0) is 12.8. The molecule has 0 aliphatic heterocycles. The van der Waals surface area contributed by atoms with Crippen LogP contribution in [0.2, 0.25) is 5.15 Å². The van der Waals surface area contributed by atoms with E-state index in [2.05, 4.69) is 21.2 Å². The van der Waals surface area contributed by atoms with Crippen LogP contribution in [0.15, 0.2) is 48.7 Å². The highest BCUT2D eigenvalue weighted by Gasteiger charge is 2.04. The molecular formula is C12H11ClN4O. The van der Waals surface area contributed by atoms with Crippen molar-refractivity contribution in [3.63, 3.8) is 0 Å². The molecule has 0 spiro atoms. The molecule has 0 bridgehead atoms. The van der Waals surface area contributed by atoms with E-state index in [0.717, 1.165) is 5.69 Å². The van der Waals surface area contributed by atoms with Crippen LogP contribution < -0.4 is 16.2 Å². The van der Waals surface area contributed by atoms with Gasteiger partial charge in [-0.15, -0.1) is 0 Å². The molecule has 0 aliphatic rings. The van der Waals surface area contributed by atoms with Crippen LogP contribution in [0.3, 0.4) is 0 Å². The number of benzene rings is 1. The first-order valence-corrected chi connectivity index (χ1v) is 5.62. The lowest BCUT2D eigenvalue weighted by molar-refractivity contribution is 0.254. The van der Waals surface area contributed by atoms with Crippen molar-refractivity contribution in [2.24, 2.45) is 0 Å². The molecule has 0 atom stereocenters. The van der Waals surface area contributed by atoms with Crippen LogP contribution >= 0.6 is 11.6 Å². The lowest BCUT2D eigenvalue weighted by Crippen LogP contribution is -2.33. The molecular weight excluding hydrogens is 252 g/mol. The van der Waals surface area contributed by atoms with Crippen molar-refractivity contribution in [1.82, 2.24) is 10.4 Å². The zero-order valence-corrected chi connectivity index (χ0v) is 10.1. The molecule has 2 aromatic rings. The Labute approximate surface area is 109 Å². The van der Waals surface area contributed by atoms with E-state index < -0.39 is 6.03 Å². The van der Waals surface area contributed by atoms with E-state index >= 15 is 0 Å². The Balaban J connectivity index is 1.88. The minimum Gasteiger partial charge on any atom is -0.304 e. The molecule has 5 nitrogen and oxygen atoms in total. The summed E-state index contributed by atoms with van der Waals surface area (Å²) in [5.74, 6) is 0. The van der Waals surface area contributed by atoms with E-state index in [1.165, 1.54) is 0 Å². The Morgan fingerprint density at radius 3 is 2.61 bits per heavy atom. The quantitative estimate of drug-likeness (QED) is 0.589. The van der Waals surface area contributed by atoms with Gasteiger partial charge in [0.25, 0.3) is 0 Å². The molecule has 6 heteroatoms. The molecule has 0 aliphatic carbocycles. The van der Waals surface area contributed by atoms with E-state index in [9.17, 15) is 4.79 Å². The van der Waals surface area contributed by atoms with Crippen molar-refractivity contribution in [2.75, 3.05) is 10.7 Å². The number of hydrogen-bond donors (Lipinski definition) is 3. The minimum atomic E-state index is -0.422. The van der Waals surface area contributed by atoms with E-state index in [1.54, 1.807) is 18.3 Å². The molecule has 3 N–H and O–H groups in total. The van der Waals surface area contributed by atoms with E-state index in [0.29, 0.717) is 5.69 Å². The summed E-state index contributed by atoms with van der Waals surface area (Å²) < 4.78 is 0. The van der Waals surface area contributed by atoms with Crippen molar-refractivity contribution in [1.29, 1.82) is 0 Å². The number of carbonyl (C=O) groups excluding carboxylic acids is 1. The molecule has 2 rings (SSSR count). The topological polar surface area (TPSA) is 66.1 Å². The van der Waals surface area contributed by atoms with Gasteiger partial charge in [-0.05, 0) is 24.3 Å². The van der Waals surface area contributed by atoms with Gasteiger partial charge in [0, 0.05) is 6.20 Å². The molecule has 0 unspecified atom stereocenters. The number of pyridine rings is 1. The van der Waals surface area contributed by atoms with Crippen molar-refractivity contribution >= 4 is 29.0 Å². The summed E-state index contributed by atoms with van der Waals surface area (Å²) in [5.41, 5.74) is 6.48. The Kier molecular flexibility index (Phi) is 3.98. The van der Waals surface area contributed by atoms with Gasteiger partial charge < -0.3 is 5.32 Å². The van der Waals surface area contributed by atoms with Crippen LogP contribution in [0.4, 0.5) is 16.2 Å². The number of anilines is 2. The van der Waals surface area contributed by atoms with E-state index in [4.69, 9.17) is 11.6 Å². The maximum absolute atomic E-state index is 11.6. The second kappa shape index (κ2) is 5.88. The smallest absolute Gasteiger partial charge is 0.304 e. The summed E-state index contributed by atoms with van der Waals surface area (Å²) in [7, 11) is 0. The molecule has 1 aromatic heterocycles. The molecule has 0 radical (unpaired) electrons. The third-order valence-corrected chi connectivity index (χ3v) is 2.40. The number of para-hydroxylation sites is 1. The first-order valence-electron chi connectivity index (χ1n) is 5.24. The number of rotatable bonds is 3. The fourth-order valence-corrected chi connectivity index (χ4v) is 1.45. The van der Waals surface area contributed by atoms with Crippen molar-refractivity contribution in [3.05, 3.63) is 53.8 Å². The van der Waals surface area contributed by atoms with Gasteiger partial charge in [-0.2, -0.15) is 0 Å². The first-order chi connectivity index (χ1) is 8.75. The third kappa shape index (κ3) is 3.36. The number of halogens is 1. The monoisotopic (exact) mass is 262 g/mol. The largest absolute Gasteiger partial charge is 0.337 e. The van der Waals surface area contributed by atoms with Crippen LogP contribution in [-0.4, -0.2) is 11.0 Å². The average molecular weight is 263 g/mol. The summed E-state index contributed by atoms with van der Waals surface area (Å²) >= 11 is 5.81. The number of hydrogen-bond acceptors (Lipinski definition) is 3. The Bertz CT molecular complexity index is 533. The summed E-state index contributed by atoms with van der Waals surface area (Å²) in [6, 6.07) is 12.2. The van der Waals surface area contributed by atoms with E-state index in [1.807, 2.05) is 30.3 Å². The standard InChI is InChI=1S/C12H11ClN4O/c13-11-10(7-4-8-14-11)15-12(18)17-16-9-5-2-1-3-6-9/h1-8,16H,(H2,15,17,18). The second-order valence-electron chi connectivity index (χ2n) is 3.41. The fourth-order valence-electron chi connectivity index (χ4n) is 1.28. The zero-order valence-electron chi connectivity index (χ0n) is 9.35. The summed E-state index contributed by atoms with van der Waals surface area (Å²) in [6.45, 7) is 0. The lowest BCUT2D eigenvalue weighted by Gasteiger charge is -2.10. The molecule has 92 valence electrons. The highest BCUT2D eigenvalue weighted by Crippen LogP contribution is 2.16. The van der Waals surface area contributed by atoms with Crippen LogP contribution in [0, 0.1) is 0 Å². The molecule has 0 saturated heterocycles. The Morgan fingerprint density at radius 2 is 1.89 bits per heavy atom. The van der Waals surface area contributed by atoms with Crippen LogP contribution in [0.1, 0.15) is 0 Å². The average Bonchev–Trinajstić information content (AvgIpc) is 2.40. The highest BCUT2D eigenvalue weighted by molar-refractivity contribution is 6.32. The Morgan fingerprint density at radius 1 is 1.11 bits per heavy atom. The number of carbonyl (C=O) groups is 1. The summed E-state index contributed by atoms with van der Waals surface area (Å²) in [6.07, 6.45) is 1.55.